The monoisotopic (exact) mass is 445 g/mol. The predicted octanol–water partition coefficient (Wildman–Crippen LogP) is 3.43. The van der Waals surface area contributed by atoms with Gasteiger partial charge in [-0.2, -0.15) is 0 Å². The van der Waals surface area contributed by atoms with Gasteiger partial charge in [0.2, 0.25) is 0 Å². The Labute approximate surface area is 182 Å². The van der Waals surface area contributed by atoms with E-state index in [1.165, 1.54) is 28.0 Å². The molecular formula is C20H23N5O3S2. The molecule has 1 fully saturated rings. The van der Waals surface area contributed by atoms with Crippen molar-refractivity contribution >= 4 is 48.9 Å². The zero-order valence-corrected chi connectivity index (χ0v) is 18.5. The van der Waals surface area contributed by atoms with Crippen LogP contribution in [0.15, 0.2) is 24.3 Å². The van der Waals surface area contributed by atoms with Crippen LogP contribution in [0.1, 0.15) is 20.8 Å². The molecule has 1 aliphatic rings. The second kappa shape index (κ2) is 8.66. The molecule has 1 saturated heterocycles. The summed E-state index contributed by atoms with van der Waals surface area (Å²) in [6, 6.07) is 7.20. The lowest BCUT2D eigenvalue weighted by molar-refractivity contribution is -0.380. The molecule has 2 aromatic heterocycles. The number of hydrogen-bond acceptors (Lipinski definition) is 8. The topological polar surface area (TPSA) is 91.6 Å². The number of nitro groups is 1. The van der Waals surface area contributed by atoms with Crippen molar-refractivity contribution in [2.75, 3.05) is 44.2 Å². The number of anilines is 1. The normalized spacial score (nSPS) is 14.9. The van der Waals surface area contributed by atoms with Gasteiger partial charge in [0, 0.05) is 45.3 Å². The summed E-state index contributed by atoms with van der Waals surface area (Å²) < 4.78 is 1.26. The van der Waals surface area contributed by atoms with Gasteiger partial charge in [-0.15, -0.1) is 0 Å². The molecule has 30 heavy (non-hydrogen) atoms. The minimum absolute atomic E-state index is 0.0172. The average molecular weight is 446 g/mol. The van der Waals surface area contributed by atoms with Gasteiger partial charge in [-0.1, -0.05) is 28.7 Å². The number of thiazole rings is 1. The first-order valence-corrected chi connectivity index (χ1v) is 11.4. The number of aryl methyl sites for hydroxylation is 2. The van der Waals surface area contributed by atoms with E-state index in [-0.39, 0.29) is 10.9 Å². The van der Waals surface area contributed by atoms with Crippen LogP contribution in [0.5, 0.6) is 0 Å². The Morgan fingerprint density at radius 1 is 1.20 bits per heavy atom. The van der Waals surface area contributed by atoms with Crippen LogP contribution >= 0.6 is 22.7 Å². The predicted molar refractivity (Wildman–Crippen MR) is 121 cm³/mol. The molecule has 0 unspecified atom stereocenters. The van der Waals surface area contributed by atoms with E-state index in [0.717, 1.165) is 54.7 Å². The molecule has 4 rings (SSSR count). The molecule has 1 N–H and O–H groups in total. The summed E-state index contributed by atoms with van der Waals surface area (Å²) in [6.45, 7) is 9.14. The lowest BCUT2D eigenvalue weighted by atomic mass is 10.1. The Kier molecular flexibility index (Phi) is 5.98. The van der Waals surface area contributed by atoms with E-state index in [4.69, 9.17) is 4.98 Å². The van der Waals surface area contributed by atoms with Crippen molar-refractivity contribution in [1.29, 1.82) is 0 Å². The first kappa shape index (κ1) is 20.7. The summed E-state index contributed by atoms with van der Waals surface area (Å²) in [5, 5.41) is 14.7. The van der Waals surface area contributed by atoms with E-state index in [1.54, 1.807) is 11.3 Å². The number of hydrogen-bond donors (Lipinski definition) is 1. The van der Waals surface area contributed by atoms with Crippen molar-refractivity contribution in [3.8, 4) is 0 Å². The first-order valence-electron chi connectivity index (χ1n) is 9.78. The lowest BCUT2D eigenvalue weighted by Crippen LogP contribution is -2.48. The molecular weight excluding hydrogens is 422 g/mol. The van der Waals surface area contributed by atoms with Crippen LogP contribution in [-0.2, 0) is 0 Å². The van der Waals surface area contributed by atoms with Gasteiger partial charge >= 0.3 is 5.00 Å². The third kappa shape index (κ3) is 4.45. The second-order valence-electron chi connectivity index (χ2n) is 7.41. The number of carbonyl (C=O) groups is 1. The highest BCUT2D eigenvalue weighted by molar-refractivity contribution is 7.22. The lowest BCUT2D eigenvalue weighted by Gasteiger charge is -2.34. The maximum atomic E-state index is 12.1. The quantitative estimate of drug-likeness (QED) is 0.462. The number of thiophene rings is 1. The summed E-state index contributed by atoms with van der Waals surface area (Å²) in [4.78, 5) is 32.3. The molecule has 8 nitrogen and oxygen atoms in total. The van der Waals surface area contributed by atoms with Gasteiger partial charge in [-0.3, -0.25) is 19.8 Å². The molecule has 0 saturated carbocycles. The molecule has 0 radical (unpaired) electrons. The van der Waals surface area contributed by atoms with Crippen molar-refractivity contribution in [2.24, 2.45) is 0 Å². The second-order valence-corrected chi connectivity index (χ2v) is 9.45. The number of rotatable bonds is 6. The standard InChI is InChI=1S/C20H23N5O3S2/c1-13-11-14(2)18-15(12-13)22-20(30-18)24-9-7-23(8-10-24)6-5-21-19(26)16-3-4-17(29-16)25(27)28/h3-4,11-12H,5-10H2,1-2H3,(H,21,26). The maximum absolute atomic E-state index is 12.1. The molecule has 3 aromatic rings. The molecule has 1 aliphatic heterocycles. The van der Waals surface area contributed by atoms with E-state index in [0.29, 0.717) is 11.4 Å². The average Bonchev–Trinajstić information content (AvgIpc) is 3.36. The Morgan fingerprint density at radius 3 is 2.67 bits per heavy atom. The van der Waals surface area contributed by atoms with Crippen LogP contribution < -0.4 is 10.2 Å². The largest absolute Gasteiger partial charge is 0.350 e. The number of benzene rings is 1. The van der Waals surface area contributed by atoms with E-state index < -0.39 is 4.92 Å². The number of nitrogens with one attached hydrogen (secondary N) is 1. The summed E-state index contributed by atoms with van der Waals surface area (Å²) in [7, 11) is 0. The van der Waals surface area contributed by atoms with Gasteiger partial charge in [0.1, 0.15) is 0 Å². The Morgan fingerprint density at radius 2 is 1.97 bits per heavy atom. The highest BCUT2D eigenvalue weighted by Gasteiger charge is 2.21. The van der Waals surface area contributed by atoms with Crippen LogP contribution in [-0.4, -0.2) is 60.0 Å². The fraction of sp³-hybridized carbons (Fsp3) is 0.400. The number of amides is 1. The fourth-order valence-electron chi connectivity index (χ4n) is 3.63. The molecule has 3 heterocycles. The molecule has 1 aromatic carbocycles. The van der Waals surface area contributed by atoms with Crippen LogP contribution in [0.4, 0.5) is 10.1 Å². The highest BCUT2D eigenvalue weighted by Crippen LogP contribution is 2.32. The minimum Gasteiger partial charge on any atom is -0.350 e. The zero-order chi connectivity index (χ0) is 21.3. The molecule has 1 amide bonds. The molecule has 0 spiro atoms. The molecule has 0 bridgehead atoms. The number of carbonyl (C=O) groups excluding carboxylic acids is 1. The van der Waals surface area contributed by atoms with E-state index in [2.05, 4.69) is 41.1 Å². The SMILES string of the molecule is Cc1cc(C)c2sc(N3CCN(CCNC(=O)c4ccc([N+](=O)[O-])s4)CC3)nc2c1. The summed E-state index contributed by atoms with van der Waals surface area (Å²) in [5.74, 6) is -0.258. The van der Waals surface area contributed by atoms with Crippen LogP contribution in [0.3, 0.4) is 0 Å². The number of fused-ring (bicyclic) bond motifs is 1. The Bertz CT molecular complexity index is 1090. The Balaban J connectivity index is 1.26. The minimum atomic E-state index is -0.477. The smallest absolute Gasteiger partial charge is 0.324 e. The van der Waals surface area contributed by atoms with E-state index in [9.17, 15) is 14.9 Å². The van der Waals surface area contributed by atoms with Crippen molar-refractivity contribution in [2.45, 2.75) is 13.8 Å². The molecule has 158 valence electrons. The van der Waals surface area contributed by atoms with Crippen LogP contribution in [0, 0.1) is 24.0 Å². The first-order chi connectivity index (χ1) is 14.4. The zero-order valence-electron chi connectivity index (χ0n) is 16.9. The van der Waals surface area contributed by atoms with Crippen molar-refractivity contribution in [3.63, 3.8) is 0 Å². The fourth-order valence-corrected chi connectivity index (χ4v) is 5.43. The van der Waals surface area contributed by atoms with Gasteiger partial charge < -0.3 is 10.2 Å². The van der Waals surface area contributed by atoms with Gasteiger partial charge in [0.05, 0.1) is 20.0 Å². The van der Waals surface area contributed by atoms with Gasteiger partial charge in [-0.25, -0.2) is 4.98 Å². The number of piperazine rings is 1. The summed E-state index contributed by atoms with van der Waals surface area (Å²) >= 11 is 2.66. The highest BCUT2D eigenvalue weighted by atomic mass is 32.1. The number of aromatic nitrogens is 1. The molecule has 0 aliphatic carbocycles. The van der Waals surface area contributed by atoms with Crippen LogP contribution in [0.2, 0.25) is 0 Å². The van der Waals surface area contributed by atoms with E-state index >= 15 is 0 Å². The summed E-state index contributed by atoms with van der Waals surface area (Å²) in [5.41, 5.74) is 3.59. The van der Waals surface area contributed by atoms with Crippen molar-refractivity contribution in [3.05, 3.63) is 50.4 Å². The summed E-state index contributed by atoms with van der Waals surface area (Å²) in [6.07, 6.45) is 0. The number of nitrogens with zero attached hydrogens (tertiary/aromatic N) is 4. The van der Waals surface area contributed by atoms with Gasteiger partial charge in [0.25, 0.3) is 5.91 Å². The molecule has 10 heteroatoms. The van der Waals surface area contributed by atoms with E-state index in [1.807, 2.05) is 0 Å². The van der Waals surface area contributed by atoms with Gasteiger partial charge in [0.15, 0.2) is 5.13 Å². The van der Waals surface area contributed by atoms with Crippen molar-refractivity contribution in [1.82, 2.24) is 15.2 Å². The van der Waals surface area contributed by atoms with Crippen LogP contribution in [0.25, 0.3) is 10.2 Å². The van der Waals surface area contributed by atoms with Gasteiger partial charge in [-0.05, 0) is 37.1 Å². The third-order valence-corrected chi connectivity index (χ3v) is 7.46. The third-order valence-electron chi connectivity index (χ3n) is 5.16. The van der Waals surface area contributed by atoms with Crippen molar-refractivity contribution < 1.29 is 9.72 Å². The maximum Gasteiger partial charge on any atom is 0.324 e. The Hall–Kier alpha value is -2.56. The molecule has 0 atom stereocenters.